The minimum Gasteiger partial charge on any atom is -0.351 e. The van der Waals surface area contributed by atoms with Crippen molar-refractivity contribution in [2.24, 2.45) is 14.1 Å². The number of carbonyl (C=O) groups is 1. The molecule has 6 heterocycles. The molecule has 0 atom stereocenters. The fourth-order valence-electron chi connectivity index (χ4n) is 8.85. The van der Waals surface area contributed by atoms with E-state index in [1.54, 1.807) is 24.5 Å². The van der Waals surface area contributed by atoms with Crippen LogP contribution >= 0.6 is 0 Å². The van der Waals surface area contributed by atoms with Crippen LogP contribution in [0.25, 0.3) is 56.1 Å². The maximum absolute atomic E-state index is 14.7. The zero-order chi connectivity index (χ0) is 47.4. The number of nitrogens with zero attached hydrogens (tertiary/aromatic N) is 8. The summed E-state index contributed by atoms with van der Waals surface area (Å²) in [5, 5.41) is 10.8. The number of aromatic nitrogens is 9. The van der Waals surface area contributed by atoms with Crippen molar-refractivity contribution < 1.29 is 9.18 Å². The fraction of sp³-hybridized carbons (Fsp3) is 0.222. The van der Waals surface area contributed by atoms with Crippen LogP contribution < -0.4 is 21.5 Å². The number of benzene rings is 4. The molecule has 9 aromatic rings. The van der Waals surface area contributed by atoms with Gasteiger partial charge in [0.2, 0.25) is 0 Å². The largest absolute Gasteiger partial charge is 0.351 e. The van der Waals surface area contributed by atoms with Crippen molar-refractivity contribution in [1.29, 1.82) is 0 Å². The van der Waals surface area contributed by atoms with E-state index in [2.05, 4.69) is 95.4 Å². The van der Waals surface area contributed by atoms with Gasteiger partial charge < -0.3 is 30.1 Å². The summed E-state index contributed by atoms with van der Waals surface area (Å²) in [7, 11) is 4.11. The van der Waals surface area contributed by atoms with Crippen molar-refractivity contribution in [3.8, 4) is 45.3 Å². The van der Waals surface area contributed by atoms with Crippen LogP contribution in [0.3, 0.4) is 0 Å². The summed E-state index contributed by atoms with van der Waals surface area (Å²) in [4.78, 5) is 54.3. The van der Waals surface area contributed by atoms with Gasteiger partial charge in [-0.2, -0.15) is 0 Å². The van der Waals surface area contributed by atoms with Crippen molar-refractivity contribution in [2.45, 2.75) is 56.8 Å². The molecule has 4 aromatic carbocycles. The van der Waals surface area contributed by atoms with Gasteiger partial charge in [-0.3, -0.25) is 9.59 Å². The van der Waals surface area contributed by atoms with Crippen LogP contribution in [0.15, 0.2) is 133 Å². The Morgan fingerprint density at radius 1 is 0.667 bits per heavy atom. The molecule has 0 unspecified atom stereocenters. The number of anilines is 4. The normalized spacial score (nSPS) is 14.9. The highest BCUT2D eigenvalue weighted by Gasteiger charge is 2.32. The molecule has 0 spiro atoms. The average Bonchev–Trinajstić information content (AvgIpc) is 4.31. The molecular weight excluding hydrogens is 868 g/mol. The summed E-state index contributed by atoms with van der Waals surface area (Å²) < 4.78 is 18.9. The minimum absolute atomic E-state index is 0.0842. The Morgan fingerprint density at radius 2 is 1.26 bits per heavy atom. The number of fused-ring (bicyclic) bond motifs is 2. The van der Waals surface area contributed by atoms with Crippen molar-refractivity contribution >= 4 is 39.7 Å². The number of H-pyrrole nitrogens is 1. The van der Waals surface area contributed by atoms with E-state index in [1.807, 2.05) is 79.8 Å². The van der Waals surface area contributed by atoms with Crippen LogP contribution in [0.2, 0.25) is 0 Å². The SMILES string of the molecule is Cn1cc(-c2ccc(-c3ncc(F)c(Nc4ccc5c(c4)C(C)(C)CNC5=O)n3)cc2)nc1C1CC1.Cn1cc(-c2ccc(-c3nccc(Nc4ccc5c(=O)[nH]ccc5c4)n3)cc2)nc1C1CC1. The highest BCUT2D eigenvalue weighted by molar-refractivity contribution is 5.98. The number of pyridine rings is 1. The maximum Gasteiger partial charge on any atom is 0.255 e. The Labute approximate surface area is 397 Å². The standard InChI is InChI=1S/C28H27FN6O.C26H22N6O/c1-28(2)15-31-27(36)20-11-10-19(12-21(20)28)32-25-22(29)13-30-24(34-25)17-6-4-16(5-7-17)23-14-35(3)26(33-23)18-8-9-18;1-32-15-22(30-25(32)18-6-7-18)16-2-4-17(5-3-16)24-27-13-11-23(31-24)29-20-8-9-21-19(14-20)10-12-28-26(21)33/h4-7,10-14,18H,8-9,15H2,1-3H3,(H,31,36)(H,30,32,34);2-5,8-15,18H,6-7H2,1H3,(H,28,33)(H,27,29,31). The summed E-state index contributed by atoms with van der Waals surface area (Å²) in [6.45, 7) is 4.68. The van der Waals surface area contributed by atoms with E-state index >= 15 is 0 Å². The number of imidazole rings is 2. The molecular formula is C54H49FN12O2. The van der Waals surface area contributed by atoms with Gasteiger partial charge in [0.05, 0.1) is 17.6 Å². The molecule has 1 amide bonds. The van der Waals surface area contributed by atoms with Crippen LogP contribution in [0.4, 0.5) is 27.4 Å². The predicted molar refractivity (Wildman–Crippen MR) is 266 cm³/mol. The highest BCUT2D eigenvalue weighted by Crippen LogP contribution is 2.41. The Balaban J connectivity index is 0.000000151. The summed E-state index contributed by atoms with van der Waals surface area (Å²) in [6, 6.07) is 30.8. The third-order valence-corrected chi connectivity index (χ3v) is 13.0. The number of aromatic amines is 1. The minimum atomic E-state index is -0.550. The molecule has 344 valence electrons. The third kappa shape index (κ3) is 8.98. The molecule has 0 saturated heterocycles. The first kappa shape index (κ1) is 43.3. The van der Waals surface area contributed by atoms with Gasteiger partial charge >= 0.3 is 0 Å². The van der Waals surface area contributed by atoms with E-state index in [1.165, 1.54) is 37.7 Å². The van der Waals surface area contributed by atoms with E-state index in [0.29, 0.717) is 52.5 Å². The van der Waals surface area contributed by atoms with Crippen molar-refractivity contribution in [2.75, 3.05) is 17.2 Å². The van der Waals surface area contributed by atoms with Gasteiger partial charge in [-0.05, 0) is 85.2 Å². The first-order valence-corrected chi connectivity index (χ1v) is 23.1. The molecule has 2 aliphatic carbocycles. The predicted octanol–water partition coefficient (Wildman–Crippen LogP) is 10.3. The summed E-state index contributed by atoms with van der Waals surface area (Å²) in [5.41, 5.74) is 8.50. The Hall–Kier alpha value is -8.33. The molecule has 2 saturated carbocycles. The lowest BCUT2D eigenvalue weighted by Crippen LogP contribution is -2.43. The molecule has 15 heteroatoms. The molecule has 2 fully saturated rings. The molecule has 5 aromatic heterocycles. The second-order valence-electron chi connectivity index (χ2n) is 18.7. The molecule has 4 N–H and O–H groups in total. The molecule has 0 bridgehead atoms. The van der Waals surface area contributed by atoms with E-state index in [0.717, 1.165) is 56.1 Å². The van der Waals surface area contributed by atoms with Gasteiger partial charge in [-0.25, -0.2) is 34.3 Å². The topological polar surface area (TPSA) is 173 Å². The zero-order valence-corrected chi connectivity index (χ0v) is 38.6. The number of aryl methyl sites for hydroxylation is 2. The molecule has 0 radical (unpaired) electrons. The van der Waals surface area contributed by atoms with Crippen LogP contribution in [-0.4, -0.2) is 56.5 Å². The molecule has 14 nitrogen and oxygen atoms in total. The quantitative estimate of drug-likeness (QED) is 0.103. The maximum atomic E-state index is 14.7. The van der Waals surface area contributed by atoms with E-state index in [4.69, 9.17) is 9.97 Å². The van der Waals surface area contributed by atoms with Crippen molar-refractivity contribution in [1.82, 2.24) is 49.3 Å². The number of hydrogen-bond donors (Lipinski definition) is 4. The summed E-state index contributed by atoms with van der Waals surface area (Å²) in [5.74, 6) is 4.71. The summed E-state index contributed by atoms with van der Waals surface area (Å²) in [6.07, 6.45) is 13.6. The number of carbonyl (C=O) groups excluding carboxylic acids is 1. The lowest BCUT2D eigenvalue weighted by atomic mass is 9.79. The first-order valence-electron chi connectivity index (χ1n) is 23.1. The molecule has 1 aliphatic heterocycles. The lowest BCUT2D eigenvalue weighted by molar-refractivity contribution is 0.0930. The van der Waals surface area contributed by atoms with Crippen molar-refractivity contribution in [3.63, 3.8) is 0 Å². The number of amides is 1. The van der Waals surface area contributed by atoms with E-state index in [9.17, 15) is 14.0 Å². The number of nitrogens with one attached hydrogen (secondary N) is 4. The van der Waals surface area contributed by atoms with Gasteiger partial charge in [0.1, 0.15) is 17.5 Å². The van der Waals surface area contributed by atoms with Gasteiger partial charge in [-0.1, -0.05) is 62.4 Å². The lowest BCUT2D eigenvalue weighted by Gasteiger charge is -2.32. The van der Waals surface area contributed by atoms with E-state index in [-0.39, 0.29) is 22.7 Å². The van der Waals surface area contributed by atoms with Crippen LogP contribution in [-0.2, 0) is 19.5 Å². The molecule has 69 heavy (non-hydrogen) atoms. The summed E-state index contributed by atoms with van der Waals surface area (Å²) >= 11 is 0. The van der Waals surface area contributed by atoms with Crippen LogP contribution in [0.1, 0.15) is 78.9 Å². The van der Waals surface area contributed by atoms with Gasteiger partial charge in [0.15, 0.2) is 23.3 Å². The second-order valence-corrected chi connectivity index (χ2v) is 18.7. The third-order valence-electron chi connectivity index (χ3n) is 13.0. The number of rotatable bonds is 10. The molecule has 12 rings (SSSR count). The number of hydrogen-bond acceptors (Lipinski definition) is 10. The Morgan fingerprint density at radius 3 is 1.90 bits per heavy atom. The smallest absolute Gasteiger partial charge is 0.255 e. The highest BCUT2D eigenvalue weighted by atomic mass is 19.1. The van der Waals surface area contributed by atoms with Crippen LogP contribution in [0.5, 0.6) is 0 Å². The van der Waals surface area contributed by atoms with E-state index < -0.39 is 5.82 Å². The monoisotopic (exact) mass is 916 g/mol. The van der Waals surface area contributed by atoms with Gasteiger partial charge in [0.25, 0.3) is 11.5 Å². The van der Waals surface area contributed by atoms with Gasteiger partial charge in [-0.15, -0.1) is 0 Å². The zero-order valence-electron chi connectivity index (χ0n) is 38.6. The molecule has 3 aliphatic rings. The second kappa shape index (κ2) is 17.4. The van der Waals surface area contributed by atoms with Crippen molar-refractivity contribution in [3.05, 3.63) is 167 Å². The van der Waals surface area contributed by atoms with Gasteiger partial charge in [0, 0.05) is 107 Å². The average molecular weight is 917 g/mol. The Kier molecular flexibility index (Phi) is 10.9. The van der Waals surface area contributed by atoms with Crippen LogP contribution in [0, 0.1) is 5.82 Å². The number of halogens is 1. The fourth-order valence-corrected chi connectivity index (χ4v) is 8.85. The Bertz CT molecular complexity index is 3480. The first-order chi connectivity index (χ1) is 33.4.